The minimum Gasteiger partial charge on any atom is -0.390 e. The molecule has 7 heteroatoms. The van der Waals surface area contributed by atoms with E-state index in [1.807, 2.05) is 27.7 Å². The van der Waals surface area contributed by atoms with Crippen LogP contribution in [0.1, 0.15) is 34.6 Å². The van der Waals surface area contributed by atoms with E-state index in [1.165, 1.54) is 0 Å². The smallest absolute Gasteiger partial charge is 0.176 e. The van der Waals surface area contributed by atoms with Crippen LogP contribution in [-0.2, 0) is 18.9 Å². The third-order valence-corrected chi connectivity index (χ3v) is 5.50. The molecule has 2 aliphatic rings. The molecule has 9 atom stereocenters. The Hall–Kier alpha value is -0.280. The van der Waals surface area contributed by atoms with Crippen molar-refractivity contribution in [3.05, 3.63) is 0 Å². The highest BCUT2D eigenvalue weighted by Crippen LogP contribution is 2.40. The van der Waals surface area contributed by atoms with Crippen LogP contribution in [0.3, 0.4) is 0 Å². The van der Waals surface area contributed by atoms with Crippen LogP contribution in [0.4, 0.5) is 0 Å². The van der Waals surface area contributed by atoms with Crippen molar-refractivity contribution < 1.29 is 29.2 Å². The second-order valence-corrected chi connectivity index (χ2v) is 7.58. The first-order chi connectivity index (χ1) is 11.1. The summed E-state index contributed by atoms with van der Waals surface area (Å²) in [5.41, 5.74) is -0.499. The molecule has 0 radical (unpaired) electrons. The van der Waals surface area contributed by atoms with E-state index in [9.17, 15) is 10.2 Å². The van der Waals surface area contributed by atoms with Crippen molar-refractivity contribution in [1.29, 1.82) is 0 Å². The molecule has 2 saturated heterocycles. The number of methoxy groups -OCH3 is 1. The predicted molar refractivity (Wildman–Crippen MR) is 88.7 cm³/mol. The molecule has 2 fully saturated rings. The van der Waals surface area contributed by atoms with Crippen molar-refractivity contribution in [2.75, 3.05) is 14.2 Å². The highest BCUT2D eigenvalue weighted by atomic mass is 16.7. The van der Waals surface area contributed by atoms with Crippen LogP contribution in [0.2, 0.25) is 0 Å². The van der Waals surface area contributed by atoms with Gasteiger partial charge in [-0.25, -0.2) is 0 Å². The molecule has 0 aromatic rings. The lowest BCUT2D eigenvalue weighted by molar-refractivity contribution is -0.320. The number of rotatable bonds is 4. The minimum absolute atomic E-state index is 0.192. The second-order valence-electron chi connectivity index (χ2n) is 7.58. The van der Waals surface area contributed by atoms with E-state index in [0.29, 0.717) is 0 Å². The third kappa shape index (κ3) is 3.49. The van der Waals surface area contributed by atoms with Gasteiger partial charge in [0.2, 0.25) is 0 Å². The lowest BCUT2D eigenvalue weighted by Gasteiger charge is -2.51. The molecule has 0 aromatic heterocycles. The van der Waals surface area contributed by atoms with Gasteiger partial charge >= 0.3 is 0 Å². The summed E-state index contributed by atoms with van der Waals surface area (Å²) in [6, 6.07) is -0.333. The highest BCUT2D eigenvalue weighted by Gasteiger charge is 2.52. The molecule has 0 saturated carbocycles. The first kappa shape index (κ1) is 20.0. The standard InChI is InChI=1S/C17H33NO6/c1-8-12(19)13(21-7)11(18-6)16(23-8)24-15-10(3)22-9(2)14(20)17(15,4)5/h8-16,18-20H,1-7H3/t8?,9?,10?,11-,12?,13?,14?,15+,16-/m1/s1. The van der Waals surface area contributed by atoms with Gasteiger partial charge in [-0.05, 0) is 27.8 Å². The molecule has 0 spiro atoms. The summed E-state index contributed by atoms with van der Waals surface area (Å²) >= 11 is 0. The summed E-state index contributed by atoms with van der Waals surface area (Å²) in [7, 11) is 3.34. The third-order valence-electron chi connectivity index (χ3n) is 5.50. The quantitative estimate of drug-likeness (QED) is 0.673. The number of likely N-dealkylation sites (N-methyl/N-ethyl adjacent to an activating group) is 1. The molecule has 24 heavy (non-hydrogen) atoms. The lowest BCUT2D eigenvalue weighted by atomic mass is 9.74. The Balaban J connectivity index is 2.21. The summed E-state index contributed by atoms with van der Waals surface area (Å²) in [6.45, 7) is 9.55. The monoisotopic (exact) mass is 347 g/mol. The topological polar surface area (TPSA) is 89.4 Å². The van der Waals surface area contributed by atoms with E-state index in [0.717, 1.165) is 0 Å². The van der Waals surface area contributed by atoms with E-state index in [2.05, 4.69) is 5.32 Å². The van der Waals surface area contributed by atoms with Crippen molar-refractivity contribution in [1.82, 2.24) is 5.32 Å². The first-order valence-corrected chi connectivity index (χ1v) is 8.67. The number of hydrogen-bond donors (Lipinski definition) is 3. The van der Waals surface area contributed by atoms with Crippen LogP contribution >= 0.6 is 0 Å². The highest BCUT2D eigenvalue weighted by molar-refractivity contribution is 4.99. The average molecular weight is 347 g/mol. The van der Waals surface area contributed by atoms with Crippen LogP contribution in [0.25, 0.3) is 0 Å². The molecule has 2 aliphatic heterocycles. The molecule has 0 aliphatic carbocycles. The number of aliphatic hydroxyl groups is 2. The largest absolute Gasteiger partial charge is 0.390 e. The molecule has 0 aromatic carbocycles. The van der Waals surface area contributed by atoms with Crippen LogP contribution in [-0.4, -0.2) is 79.4 Å². The van der Waals surface area contributed by atoms with Gasteiger partial charge in [0.15, 0.2) is 6.29 Å². The van der Waals surface area contributed by atoms with Crippen LogP contribution < -0.4 is 5.32 Å². The SMILES string of the molecule is CN[C@@H]1C(OC)C(O)C(C)O[C@@H]1O[C@H]1C(C)OC(C)C(O)C1(C)C. The summed E-state index contributed by atoms with van der Waals surface area (Å²) in [6.07, 6.45) is -3.68. The fourth-order valence-electron chi connectivity index (χ4n) is 4.01. The fraction of sp³-hybridized carbons (Fsp3) is 1.00. The Kier molecular flexibility index (Phi) is 6.29. The molecule has 0 bridgehead atoms. The summed E-state index contributed by atoms with van der Waals surface area (Å²) in [4.78, 5) is 0. The van der Waals surface area contributed by atoms with E-state index < -0.39 is 36.1 Å². The van der Waals surface area contributed by atoms with Crippen molar-refractivity contribution in [2.45, 2.75) is 89.7 Å². The van der Waals surface area contributed by atoms with Crippen molar-refractivity contribution >= 4 is 0 Å². The molecular formula is C17H33NO6. The minimum atomic E-state index is -0.744. The van der Waals surface area contributed by atoms with Gasteiger partial charge in [0.05, 0.1) is 36.6 Å². The van der Waals surface area contributed by atoms with Crippen LogP contribution in [0, 0.1) is 5.41 Å². The maximum atomic E-state index is 10.5. The zero-order chi connectivity index (χ0) is 18.2. The Morgan fingerprint density at radius 3 is 2.17 bits per heavy atom. The Morgan fingerprint density at radius 1 is 1.00 bits per heavy atom. The van der Waals surface area contributed by atoms with Crippen molar-refractivity contribution in [2.24, 2.45) is 5.41 Å². The maximum absolute atomic E-state index is 10.5. The van der Waals surface area contributed by atoms with Gasteiger partial charge in [-0.1, -0.05) is 13.8 Å². The summed E-state index contributed by atoms with van der Waals surface area (Å²) < 4.78 is 23.4. The van der Waals surface area contributed by atoms with Gasteiger partial charge in [-0.3, -0.25) is 0 Å². The van der Waals surface area contributed by atoms with E-state index in [-0.39, 0.29) is 24.4 Å². The van der Waals surface area contributed by atoms with Gasteiger partial charge in [-0.15, -0.1) is 0 Å². The molecular weight excluding hydrogens is 314 g/mol. The zero-order valence-corrected chi connectivity index (χ0v) is 15.7. The molecule has 0 amide bonds. The molecule has 3 N–H and O–H groups in total. The molecule has 2 rings (SSSR count). The van der Waals surface area contributed by atoms with Crippen molar-refractivity contribution in [3.8, 4) is 0 Å². The first-order valence-electron chi connectivity index (χ1n) is 8.67. The Labute approximate surface area is 144 Å². The zero-order valence-electron chi connectivity index (χ0n) is 15.7. The van der Waals surface area contributed by atoms with E-state index >= 15 is 0 Å². The van der Waals surface area contributed by atoms with Gasteiger partial charge in [-0.2, -0.15) is 0 Å². The number of hydrogen-bond acceptors (Lipinski definition) is 7. The van der Waals surface area contributed by atoms with Gasteiger partial charge < -0.3 is 34.5 Å². The summed E-state index contributed by atoms with van der Waals surface area (Å²) in [5, 5.41) is 23.9. The van der Waals surface area contributed by atoms with Crippen LogP contribution in [0.5, 0.6) is 0 Å². The molecule has 7 nitrogen and oxygen atoms in total. The van der Waals surface area contributed by atoms with Gasteiger partial charge in [0, 0.05) is 12.5 Å². The molecule has 142 valence electrons. The maximum Gasteiger partial charge on any atom is 0.176 e. The van der Waals surface area contributed by atoms with E-state index in [4.69, 9.17) is 18.9 Å². The summed E-state index contributed by atoms with van der Waals surface area (Å²) in [5.74, 6) is 0. The molecule has 2 heterocycles. The van der Waals surface area contributed by atoms with Gasteiger partial charge in [0.1, 0.15) is 12.2 Å². The average Bonchev–Trinajstić information content (AvgIpc) is 2.52. The Bertz CT molecular complexity index is 420. The molecule has 6 unspecified atom stereocenters. The fourth-order valence-corrected chi connectivity index (χ4v) is 4.01. The number of aliphatic hydroxyl groups excluding tert-OH is 2. The van der Waals surface area contributed by atoms with E-state index in [1.54, 1.807) is 21.1 Å². The number of ether oxygens (including phenoxy) is 4. The predicted octanol–water partition coefficient (Wildman–Crippen LogP) is 0.275. The van der Waals surface area contributed by atoms with Gasteiger partial charge in [0.25, 0.3) is 0 Å². The Morgan fingerprint density at radius 2 is 1.62 bits per heavy atom. The second kappa shape index (κ2) is 7.53. The van der Waals surface area contributed by atoms with Crippen molar-refractivity contribution in [3.63, 3.8) is 0 Å². The lowest BCUT2D eigenvalue weighted by Crippen LogP contribution is -2.66. The normalized spacial score (nSPS) is 49.1. The number of nitrogens with one attached hydrogen (secondary N) is 1. The van der Waals surface area contributed by atoms with Crippen LogP contribution in [0.15, 0.2) is 0 Å².